The Labute approximate surface area is 166 Å². The molecule has 1 N–H and O–H groups in total. The normalized spacial score (nSPS) is 14.9. The van der Waals surface area contributed by atoms with Gasteiger partial charge in [-0.25, -0.2) is 0 Å². The highest BCUT2D eigenvalue weighted by Gasteiger charge is 2.13. The van der Waals surface area contributed by atoms with Crippen LogP contribution in [0, 0.1) is 6.92 Å². The first-order valence-electron chi connectivity index (χ1n) is 9.47. The van der Waals surface area contributed by atoms with Crippen molar-refractivity contribution >= 4 is 17.7 Å². The van der Waals surface area contributed by atoms with E-state index < -0.39 is 0 Å². The van der Waals surface area contributed by atoms with Crippen LogP contribution in [0.25, 0.3) is 0 Å². The average Bonchev–Trinajstić information content (AvgIpc) is 2.70. The summed E-state index contributed by atoms with van der Waals surface area (Å²) in [6.07, 6.45) is 0. The largest absolute Gasteiger partial charge is 0.379 e. The third-order valence-electron chi connectivity index (χ3n) is 4.71. The molecular weight excluding hydrogens is 356 g/mol. The third-order valence-corrected chi connectivity index (χ3v) is 5.72. The summed E-state index contributed by atoms with van der Waals surface area (Å²) in [6.45, 7) is 7.13. The lowest BCUT2D eigenvalue weighted by molar-refractivity contribution is -0.118. The van der Waals surface area contributed by atoms with E-state index >= 15 is 0 Å². The predicted molar refractivity (Wildman–Crippen MR) is 112 cm³/mol. The van der Waals surface area contributed by atoms with Crippen molar-refractivity contribution in [3.63, 3.8) is 0 Å². The highest BCUT2D eigenvalue weighted by Crippen LogP contribution is 2.14. The van der Waals surface area contributed by atoms with Crippen molar-refractivity contribution < 1.29 is 9.53 Å². The summed E-state index contributed by atoms with van der Waals surface area (Å²) in [7, 11) is 0. The average molecular weight is 385 g/mol. The van der Waals surface area contributed by atoms with Gasteiger partial charge in [0.15, 0.2) is 0 Å². The van der Waals surface area contributed by atoms with Crippen molar-refractivity contribution in [3.8, 4) is 0 Å². The van der Waals surface area contributed by atoms with Crippen molar-refractivity contribution in [2.24, 2.45) is 0 Å². The van der Waals surface area contributed by atoms with E-state index in [1.54, 1.807) is 11.8 Å². The van der Waals surface area contributed by atoms with Crippen LogP contribution in [0.2, 0.25) is 0 Å². The molecule has 0 unspecified atom stereocenters. The number of hydrogen-bond donors (Lipinski definition) is 1. The molecule has 27 heavy (non-hydrogen) atoms. The van der Waals surface area contributed by atoms with E-state index in [-0.39, 0.29) is 5.91 Å². The van der Waals surface area contributed by atoms with Crippen LogP contribution in [0.1, 0.15) is 22.3 Å². The Morgan fingerprint density at radius 3 is 2.52 bits per heavy atom. The Morgan fingerprint density at radius 2 is 1.78 bits per heavy atom. The molecule has 0 bridgehead atoms. The fourth-order valence-corrected chi connectivity index (χ4v) is 3.89. The van der Waals surface area contributed by atoms with Crippen LogP contribution >= 0.6 is 11.8 Å². The predicted octanol–water partition coefficient (Wildman–Crippen LogP) is 3.38. The molecule has 3 rings (SSSR count). The van der Waals surface area contributed by atoms with Crippen LogP contribution in [0.15, 0.2) is 48.5 Å². The Kier molecular flexibility index (Phi) is 7.75. The minimum absolute atomic E-state index is 0.0910. The first-order valence-corrected chi connectivity index (χ1v) is 10.6. The maximum atomic E-state index is 12.2. The molecule has 0 aromatic heterocycles. The molecule has 0 saturated carbocycles. The molecule has 0 spiro atoms. The van der Waals surface area contributed by atoms with E-state index in [2.05, 4.69) is 59.6 Å². The molecule has 0 atom stereocenters. The molecule has 1 saturated heterocycles. The summed E-state index contributed by atoms with van der Waals surface area (Å²) in [5.74, 6) is 1.44. The molecule has 2 aromatic rings. The number of rotatable bonds is 8. The number of amides is 1. The van der Waals surface area contributed by atoms with E-state index in [9.17, 15) is 4.79 Å². The molecule has 1 aliphatic rings. The monoisotopic (exact) mass is 384 g/mol. The summed E-state index contributed by atoms with van der Waals surface area (Å²) in [5, 5.41) is 3.07. The zero-order chi connectivity index (χ0) is 18.9. The first kappa shape index (κ1) is 19.9. The minimum atomic E-state index is 0.0910. The van der Waals surface area contributed by atoms with Crippen LogP contribution in [0.5, 0.6) is 0 Å². The van der Waals surface area contributed by atoms with Crippen LogP contribution in [0.4, 0.5) is 0 Å². The molecule has 4 nitrogen and oxygen atoms in total. The maximum Gasteiger partial charge on any atom is 0.230 e. The molecule has 1 amide bonds. The van der Waals surface area contributed by atoms with Crippen LogP contribution < -0.4 is 5.32 Å². The van der Waals surface area contributed by atoms with Crippen molar-refractivity contribution in [2.75, 3.05) is 32.1 Å². The topological polar surface area (TPSA) is 41.6 Å². The van der Waals surface area contributed by atoms with Gasteiger partial charge in [-0.15, -0.1) is 11.8 Å². The zero-order valence-electron chi connectivity index (χ0n) is 15.9. The van der Waals surface area contributed by atoms with Crippen LogP contribution in [-0.4, -0.2) is 42.9 Å². The highest BCUT2D eigenvalue weighted by molar-refractivity contribution is 7.99. The quantitative estimate of drug-likeness (QED) is 0.758. The van der Waals surface area contributed by atoms with E-state index in [1.807, 2.05) is 6.07 Å². The molecule has 1 heterocycles. The van der Waals surface area contributed by atoms with Gasteiger partial charge in [0.1, 0.15) is 0 Å². The van der Waals surface area contributed by atoms with E-state index in [0.717, 1.165) is 38.6 Å². The van der Waals surface area contributed by atoms with Crippen molar-refractivity contribution in [1.29, 1.82) is 0 Å². The summed E-state index contributed by atoms with van der Waals surface area (Å²) < 4.78 is 5.42. The number of aryl methyl sites for hydroxylation is 1. The lowest BCUT2D eigenvalue weighted by Gasteiger charge is -2.27. The molecule has 2 aromatic carbocycles. The van der Waals surface area contributed by atoms with Gasteiger partial charge in [0.05, 0.1) is 19.0 Å². The molecule has 1 fully saturated rings. The smallest absolute Gasteiger partial charge is 0.230 e. The van der Waals surface area contributed by atoms with Crippen molar-refractivity contribution in [2.45, 2.75) is 25.8 Å². The van der Waals surface area contributed by atoms with Gasteiger partial charge in [-0.1, -0.05) is 54.1 Å². The fraction of sp³-hybridized carbons (Fsp3) is 0.409. The lowest BCUT2D eigenvalue weighted by atomic mass is 10.1. The number of nitrogens with zero attached hydrogens (tertiary/aromatic N) is 1. The number of morpholine rings is 1. The Hall–Kier alpha value is -1.82. The van der Waals surface area contributed by atoms with E-state index in [4.69, 9.17) is 4.74 Å². The number of carbonyl (C=O) groups is 1. The van der Waals surface area contributed by atoms with Gasteiger partial charge in [-0.05, 0) is 23.6 Å². The van der Waals surface area contributed by atoms with E-state index in [0.29, 0.717) is 12.3 Å². The lowest BCUT2D eigenvalue weighted by Crippen LogP contribution is -2.36. The molecule has 144 valence electrons. The fourth-order valence-electron chi connectivity index (χ4n) is 3.08. The van der Waals surface area contributed by atoms with Crippen LogP contribution in [-0.2, 0) is 28.4 Å². The number of thioether (sulfide) groups is 1. The number of nitrogens with one attached hydrogen (secondary N) is 1. The Balaban J connectivity index is 1.43. The molecule has 0 radical (unpaired) electrons. The molecule has 5 heteroatoms. The maximum absolute atomic E-state index is 12.2. The molecular formula is C22H28N2O2S. The van der Waals surface area contributed by atoms with Gasteiger partial charge in [-0.3, -0.25) is 9.69 Å². The van der Waals surface area contributed by atoms with Gasteiger partial charge in [-0.2, -0.15) is 0 Å². The second-order valence-corrected chi connectivity index (χ2v) is 7.90. The van der Waals surface area contributed by atoms with Gasteiger partial charge < -0.3 is 10.1 Å². The summed E-state index contributed by atoms with van der Waals surface area (Å²) in [4.78, 5) is 14.6. The van der Waals surface area contributed by atoms with Gasteiger partial charge in [0.2, 0.25) is 5.91 Å². The summed E-state index contributed by atoms with van der Waals surface area (Å²) in [5.41, 5.74) is 5.00. The van der Waals surface area contributed by atoms with Gasteiger partial charge >= 0.3 is 0 Å². The second-order valence-electron chi connectivity index (χ2n) is 6.91. The first-order chi connectivity index (χ1) is 13.2. The van der Waals surface area contributed by atoms with Gasteiger partial charge in [0.25, 0.3) is 0 Å². The number of hydrogen-bond acceptors (Lipinski definition) is 4. The van der Waals surface area contributed by atoms with Gasteiger partial charge in [0, 0.05) is 31.9 Å². The van der Waals surface area contributed by atoms with E-state index in [1.165, 1.54) is 22.3 Å². The third kappa shape index (κ3) is 6.69. The number of ether oxygens (including phenoxy) is 1. The van der Waals surface area contributed by atoms with Crippen LogP contribution in [0.3, 0.4) is 0 Å². The SMILES string of the molecule is Cc1ccc(CSCC(=O)NCc2ccccc2CN2CCOCC2)cc1. The van der Waals surface area contributed by atoms with Crippen molar-refractivity contribution in [1.82, 2.24) is 10.2 Å². The molecule has 1 aliphatic heterocycles. The minimum Gasteiger partial charge on any atom is -0.379 e. The van der Waals surface area contributed by atoms with Crippen molar-refractivity contribution in [3.05, 3.63) is 70.8 Å². The summed E-state index contributed by atoms with van der Waals surface area (Å²) >= 11 is 1.65. The highest BCUT2D eigenvalue weighted by atomic mass is 32.2. The number of carbonyl (C=O) groups excluding carboxylic acids is 1. The standard InChI is InChI=1S/C22H28N2O2S/c1-18-6-8-19(9-7-18)16-27-17-22(25)23-14-20-4-2-3-5-21(20)15-24-10-12-26-13-11-24/h2-9H,10-17H2,1H3,(H,23,25). The zero-order valence-corrected chi connectivity index (χ0v) is 16.8. The Morgan fingerprint density at radius 1 is 1.07 bits per heavy atom. The second kappa shape index (κ2) is 10.5. The number of benzene rings is 2. The Bertz CT molecular complexity index is 727. The summed E-state index contributed by atoms with van der Waals surface area (Å²) in [6, 6.07) is 16.8. The molecule has 0 aliphatic carbocycles.